The number of nitrogens with one attached hydrogen (secondary N) is 1. The highest BCUT2D eigenvalue weighted by Gasteiger charge is 2.07. The van der Waals surface area contributed by atoms with Crippen LogP contribution in [0.1, 0.15) is 18.9 Å². The smallest absolute Gasteiger partial charge is 0.261 e. The Labute approximate surface area is 100 Å². The molecule has 0 unspecified atom stereocenters. The summed E-state index contributed by atoms with van der Waals surface area (Å²) >= 11 is 0. The first kappa shape index (κ1) is 12.8. The molecule has 4 heteroatoms. The van der Waals surface area contributed by atoms with Crippen molar-refractivity contribution in [3.05, 3.63) is 35.4 Å². The van der Waals surface area contributed by atoms with Gasteiger partial charge in [-0.15, -0.1) is 0 Å². The van der Waals surface area contributed by atoms with Gasteiger partial charge in [-0.25, -0.2) is 0 Å². The van der Waals surface area contributed by atoms with E-state index in [2.05, 4.69) is 5.32 Å². The van der Waals surface area contributed by atoms with Crippen LogP contribution in [0.5, 0.6) is 5.75 Å². The monoisotopic (exact) mass is 230 g/mol. The summed E-state index contributed by atoms with van der Waals surface area (Å²) in [5.41, 5.74) is 0.650. The van der Waals surface area contributed by atoms with Crippen molar-refractivity contribution in [3.8, 4) is 11.8 Å². The molecule has 1 aromatic carbocycles. The maximum atomic E-state index is 11.6. The average Bonchev–Trinajstić information content (AvgIpc) is 2.33. The lowest BCUT2D eigenvalue weighted by molar-refractivity contribution is -0.117. The third-order valence-corrected chi connectivity index (χ3v) is 2.08. The number of carbonyl (C=O) groups is 1. The van der Waals surface area contributed by atoms with Crippen molar-refractivity contribution in [1.82, 2.24) is 5.32 Å². The fourth-order valence-corrected chi connectivity index (χ4v) is 1.26. The SMILES string of the molecule is CCCNC(=O)/C(C#N)=C\c1cccc(O)c1. The number of aromatic hydroxyl groups is 1. The van der Waals surface area contributed by atoms with E-state index < -0.39 is 5.91 Å². The molecule has 1 rings (SSSR count). The minimum Gasteiger partial charge on any atom is -0.508 e. The molecular weight excluding hydrogens is 216 g/mol. The first-order valence-electron chi connectivity index (χ1n) is 5.36. The molecule has 0 saturated heterocycles. The first-order chi connectivity index (χ1) is 8.17. The van der Waals surface area contributed by atoms with Crippen molar-refractivity contribution in [3.63, 3.8) is 0 Å². The summed E-state index contributed by atoms with van der Waals surface area (Å²) in [5.74, 6) is -0.289. The van der Waals surface area contributed by atoms with Gasteiger partial charge in [-0.05, 0) is 30.2 Å². The minimum absolute atomic E-state index is 0.0315. The Kier molecular flexibility index (Phi) is 4.77. The highest BCUT2D eigenvalue weighted by Crippen LogP contribution is 2.13. The molecule has 88 valence electrons. The molecule has 0 heterocycles. The van der Waals surface area contributed by atoms with E-state index in [0.717, 1.165) is 6.42 Å². The van der Waals surface area contributed by atoms with Gasteiger partial charge in [0.25, 0.3) is 5.91 Å². The molecule has 4 nitrogen and oxygen atoms in total. The summed E-state index contributed by atoms with van der Waals surface area (Å²) < 4.78 is 0. The number of hydrogen-bond donors (Lipinski definition) is 2. The lowest BCUT2D eigenvalue weighted by atomic mass is 10.1. The van der Waals surface area contributed by atoms with Gasteiger partial charge in [0.05, 0.1) is 0 Å². The van der Waals surface area contributed by atoms with Gasteiger partial charge >= 0.3 is 0 Å². The number of carbonyl (C=O) groups excluding carboxylic acids is 1. The molecule has 0 atom stereocenters. The summed E-state index contributed by atoms with van der Waals surface area (Å²) in [5, 5.41) is 20.8. The predicted molar refractivity (Wildman–Crippen MR) is 65.0 cm³/mol. The third-order valence-electron chi connectivity index (χ3n) is 2.08. The number of nitrogens with zero attached hydrogens (tertiary/aromatic N) is 1. The Hall–Kier alpha value is -2.28. The fourth-order valence-electron chi connectivity index (χ4n) is 1.26. The fraction of sp³-hybridized carbons (Fsp3) is 0.231. The van der Waals surface area contributed by atoms with Crippen molar-refractivity contribution in [2.24, 2.45) is 0 Å². The van der Waals surface area contributed by atoms with Crippen LogP contribution in [0.2, 0.25) is 0 Å². The normalized spacial score (nSPS) is 10.7. The number of phenols is 1. The molecule has 0 aliphatic heterocycles. The van der Waals surface area contributed by atoms with E-state index in [1.54, 1.807) is 12.1 Å². The lowest BCUT2D eigenvalue weighted by Crippen LogP contribution is -2.25. The number of nitriles is 1. The van der Waals surface area contributed by atoms with Gasteiger partial charge in [0.15, 0.2) is 0 Å². The Morgan fingerprint density at radius 1 is 1.59 bits per heavy atom. The van der Waals surface area contributed by atoms with Gasteiger partial charge in [0, 0.05) is 6.54 Å². The van der Waals surface area contributed by atoms with E-state index in [0.29, 0.717) is 12.1 Å². The zero-order valence-corrected chi connectivity index (χ0v) is 9.60. The van der Waals surface area contributed by atoms with Gasteiger partial charge < -0.3 is 10.4 Å². The highest BCUT2D eigenvalue weighted by molar-refractivity contribution is 6.01. The van der Waals surface area contributed by atoms with E-state index in [1.807, 2.05) is 13.0 Å². The second kappa shape index (κ2) is 6.33. The van der Waals surface area contributed by atoms with Crippen LogP contribution in [0, 0.1) is 11.3 Å². The molecule has 1 amide bonds. The molecule has 0 aromatic heterocycles. The largest absolute Gasteiger partial charge is 0.508 e. The first-order valence-corrected chi connectivity index (χ1v) is 5.36. The molecule has 2 N–H and O–H groups in total. The lowest BCUT2D eigenvalue weighted by Gasteiger charge is -2.01. The maximum Gasteiger partial charge on any atom is 0.261 e. The van der Waals surface area contributed by atoms with Gasteiger partial charge in [0.2, 0.25) is 0 Å². The summed E-state index contributed by atoms with van der Waals surface area (Å²) in [6.07, 6.45) is 2.27. The standard InChI is InChI=1S/C13H14N2O2/c1-2-6-15-13(17)11(9-14)7-10-4-3-5-12(16)8-10/h3-5,7-8,16H,2,6H2,1H3,(H,15,17)/b11-7-. The van der Waals surface area contributed by atoms with Gasteiger partial charge in [-0.3, -0.25) is 4.79 Å². The van der Waals surface area contributed by atoms with E-state index >= 15 is 0 Å². The van der Waals surface area contributed by atoms with Crippen molar-refractivity contribution in [2.75, 3.05) is 6.54 Å². The van der Waals surface area contributed by atoms with Crippen LogP contribution >= 0.6 is 0 Å². The summed E-state index contributed by atoms with van der Waals surface area (Å²) in [6.45, 7) is 2.48. The van der Waals surface area contributed by atoms with Crippen LogP contribution in [0.25, 0.3) is 6.08 Å². The van der Waals surface area contributed by atoms with Gasteiger partial charge in [-0.2, -0.15) is 5.26 Å². The molecule has 17 heavy (non-hydrogen) atoms. The third kappa shape index (κ3) is 3.99. The number of rotatable bonds is 4. The van der Waals surface area contributed by atoms with Crippen molar-refractivity contribution in [2.45, 2.75) is 13.3 Å². The maximum absolute atomic E-state index is 11.6. The second-order valence-corrected chi connectivity index (χ2v) is 3.52. The predicted octanol–water partition coefficient (Wildman–Crippen LogP) is 1.83. The number of hydrogen-bond acceptors (Lipinski definition) is 3. The highest BCUT2D eigenvalue weighted by atomic mass is 16.3. The number of benzene rings is 1. The Morgan fingerprint density at radius 3 is 2.94 bits per heavy atom. The Morgan fingerprint density at radius 2 is 2.35 bits per heavy atom. The van der Waals surface area contributed by atoms with E-state index in [9.17, 15) is 9.90 Å². The molecule has 0 radical (unpaired) electrons. The quantitative estimate of drug-likeness (QED) is 0.612. The average molecular weight is 230 g/mol. The zero-order chi connectivity index (χ0) is 12.7. The minimum atomic E-state index is -0.391. The summed E-state index contributed by atoms with van der Waals surface area (Å²) in [7, 11) is 0. The van der Waals surface area contributed by atoms with Gasteiger partial charge in [0.1, 0.15) is 17.4 Å². The second-order valence-electron chi connectivity index (χ2n) is 3.52. The van der Waals surface area contributed by atoms with E-state index in [1.165, 1.54) is 18.2 Å². The molecule has 0 aliphatic rings. The van der Waals surface area contributed by atoms with Crippen molar-refractivity contribution >= 4 is 12.0 Å². The van der Waals surface area contributed by atoms with Crippen LogP contribution in [-0.2, 0) is 4.79 Å². The number of amides is 1. The van der Waals surface area contributed by atoms with Crippen molar-refractivity contribution < 1.29 is 9.90 Å². The van der Waals surface area contributed by atoms with Crippen LogP contribution in [-0.4, -0.2) is 17.6 Å². The van der Waals surface area contributed by atoms with Crippen LogP contribution < -0.4 is 5.32 Å². The molecule has 1 aromatic rings. The Balaban J connectivity index is 2.87. The van der Waals surface area contributed by atoms with Crippen LogP contribution in [0.4, 0.5) is 0 Å². The van der Waals surface area contributed by atoms with Crippen LogP contribution in [0.15, 0.2) is 29.8 Å². The Bertz CT molecular complexity index is 473. The van der Waals surface area contributed by atoms with Gasteiger partial charge in [-0.1, -0.05) is 19.1 Å². The number of phenolic OH excluding ortho intramolecular Hbond substituents is 1. The van der Waals surface area contributed by atoms with E-state index in [4.69, 9.17) is 5.26 Å². The topological polar surface area (TPSA) is 73.1 Å². The van der Waals surface area contributed by atoms with Crippen molar-refractivity contribution in [1.29, 1.82) is 5.26 Å². The summed E-state index contributed by atoms with van der Waals surface area (Å²) in [6, 6.07) is 8.23. The molecule has 0 saturated carbocycles. The summed E-state index contributed by atoms with van der Waals surface area (Å²) in [4.78, 5) is 11.6. The zero-order valence-electron chi connectivity index (χ0n) is 9.60. The molecule has 0 fully saturated rings. The molecule has 0 aliphatic carbocycles. The molecule has 0 spiro atoms. The molecule has 0 bridgehead atoms. The van der Waals surface area contributed by atoms with Crippen LogP contribution in [0.3, 0.4) is 0 Å². The molecular formula is C13H14N2O2. The van der Waals surface area contributed by atoms with E-state index in [-0.39, 0.29) is 11.3 Å².